The molecule has 0 spiro atoms. The molecule has 2 atom stereocenters. The normalized spacial score (nSPS) is 23.9. The van der Waals surface area contributed by atoms with Gasteiger partial charge in [0.05, 0.1) is 0 Å². The molecular weight excluding hydrogens is 226 g/mol. The minimum absolute atomic E-state index is 0.175. The molecule has 2 rings (SSSR count). The van der Waals surface area contributed by atoms with Gasteiger partial charge in [-0.2, -0.15) is 0 Å². The topological polar surface area (TPSA) is 49.3 Å². The van der Waals surface area contributed by atoms with Crippen LogP contribution in [0.25, 0.3) is 0 Å². The van der Waals surface area contributed by atoms with Crippen LogP contribution in [0.4, 0.5) is 0 Å². The molecule has 0 saturated heterocycles. The summed E-state index contributed by atoms with van der Waals surface area (Å²) in [7, 11) is 0. The van der Waals surface area contributed by atoms with Gasteiger partial charge in [-0.3, -0.25) is 10.1 Å². The van der Waals surface area contributed by atoms with Gasteiger partial charge in [0.25, 0.3) is 0 Å². The van der Waals surface area contributed by atoms with E-state index in [1.165, 1.54) is 0 Å². The van der Waals surface area contributed by atoms with Gasteiger partial charge in [-0.15, -0.1) is 0 Å². The van der Waals surface area contributed by atoms with Crippen LogP contribution < -0.4 is 5.32 Å². The van der Waals surface area contributed by atoms with Crippen molar-refractivity contribution in [2.24, 2.45) is 0 Å². The number of benzene rings is 1. The second-order valence-corrected chi connectivity index (χ2v) is 4.77. The molecule has 4 heteroatoms. The average Bonchev–Trinajstić information content (AvgIpc) is 2.18. The van der Waals surface area contributed by atoms with E-state index in [1.54, 1.807) is 6.07 Å². The van der Waals surface area contributed by atoms with Crippen molar-refractivity contribution >= 4 is 17.6 Å². The molecule has 0 amide bonds. The Bertz CT molecular complexity index is 445. The molecule has 2 N–H and O–H groups in total. The third-order valence-corrected chi connectivity index (χ3v) is 3.21. The molecule has 1 aromatic carbocycles. The van der Waals surface area contributed by atoms with Gasteiger partial charge in [-0.25, -0.2) is 0 Å². The Labute approximate surface area is 99.4 Å². The molecule has 2 unspecified atom stereocenters. The van der Waals surface area contributed by atoms with Crippen molar-refractivity contribution in [3.8, 4) is 0 Å². The molecule has 86 valence electrons. The zero-order valence-electron chi connectivity index (χ0n) is 9.25. The van der Waals surface area contributed by atoms with Gasteiger partial charge in [-0.05, 0) is 49.1 Å². The van der Waals surface area contributed by atoms with Crippen LogP contribution in [0.1, 0.15) is 29.7 Å². The lowest BCUT2D eigenvalue weighted by Gasteiger charge is -2.30. The summed E-state index contributed by atoms with van der Waals surface area (Å²) in [5.41, 5.74) is 2.99. The summed E-state index contributed by atoms with van der Waals surface area (Å²) in [6.45, 7) is 3.97. The highest BCUT2D eigenvalue weighted by Gasteiger charge is 2.30. The lowest BCUT2D eigenvalue weighted by Crippen LogP contribution is -2.41. The first-order valence-corrected chi connectivity index (χ1v) is 5.64. The van der Waals surface area contributed by atoms with Gasteiger partial charge >= 0.3 is 5.97 Å². The fourth-order valence-corrected chi connectivity index (χ4v) is 2.56. The maximum Gasteiger partial charge on any atom is 0.325 e. The van der Waals surface area contributed by atoms with Gasteiger partial charge in [0, 0.05) is 11.1 Å². The highest BCUT2D eigenvalue weighted by molar-refractivity contribution is 6.30. The molecule has 1 aromatic rings. The Balaban J connectivity index is 2.56. The second kappa shape index (κ2) is 4.07. The number of carboxylic acid groups (broad SMARTS) is 1. The van der Waals surface area contributed by atoms with E-state index in [0.717, 1.165) is 23.1 Å². The largest absolute Gasteiger partial charge is 0.480 e. The third-order valence-electron chi connectivity index (χ3n) is 2.99. The quantitative estimate of drug-likeness (QED) is 0.791. The second-order valence-electron chi connectivity index (χ2n) is 4.33. The number of hydrogen-bond acceptors (Lipinski definition) is 2. The molecule has 1 aliphatic rings. The first kappa shape index (κ1) is 11.4. The predicted octanol–water partition coefficient (Wildman–Crippen LogP) is 2.31. The van der Waals surface area contributed by atoms with Crippen LogP contribution in [0.2, 0.25) is 5.02 Å². The summed E-state index contributed by atoms with van der Waals surface area (Å²) < 4.78 is 0. The van der Waals surface area contributed by atoms with Crippen LogP contribution >= 0.6 is 11.6 Å². The van der Waals surface area contributed by atoms with Crippen molar-refractivity contribution in [3.05, 3.63) is 33.8 Å². The van der Waals surface area contributed by atoms with Crippen molar-refractivity contribution in [2.75, 3.05) is 0 Å². The summed E-state index contributed by atoms with van der Waals surface area (Å²) in [4.78, 5) is 11.2. The Hall–Kier alpha value is -1.06. The molecule has 16 heavy (non-hydrogen) atoms. The van der Waals surface area contributed by atoms with Gasteiger partial charge < -0.3 is 5.11 Å². The van der Waals surface area contributed by atoms with E-state index in [-0.39, 0.29) is 6.04 Å². The molecule has 0 radical (unpaired) electrons. The molecule has 0 fully saturated rings. The van der Waals surface area contributed by atoms with Crippen LogP contribution in [0.5, 0.6) is 0 Å². The maximum atomic E-state index is 11.2. The monoisotopic (exact) mass is 239 g/mol. The zero-order chi connectivity index (χ0) is 11.9. The summed E-state index contributed by atoms with van der Waals surface area (Å²) >= 11 is 5.97. The fraction of sp³-hybridized carbons (Fsp3) is 0.417. The van der Waals surface area contributed by atoms with Gasteiger partial charge in [0.15, 0.2) is 0 Å². The summed E-state index contributed by atoms with van der Waals surface area (Å²) in [6.07, 6.45) is 0.849. The number of aliphatic carboxylic acids is 1. The summed E-state index contributed by atoms with van der Waals surface area (Å²) in [5.74, 6) is -0.852. The van der Waals surface area contributed by atoms with Crippen molar-refractivity contribution in [1.29, 1.82) is 0 Å². The highest BCUT2D eigenvalue weighted by atomic mass is 35.5. The first-order chi connectivity index (χ1) is 7.49. The molecular formula is C12H14ClNO2. The highest BCUT2D eigenvalue weighted by Crippen LogP contribution is 2.30. The number of hydrogen-bond donors (Lipinski definition) is 2. The number of halogens is 1. The van der Waals surface area contributed by atoms with Crippen LogP contribution in [0.3, 0.4) is 0 Å². The SMILES string of the molecule is Cc1cc(Cl)cc2c1CC(C)NC2C(=O)O. The number of carboxylic acids is 1. The molecule has 1 aliphatic heterocycles. The number of carbonyl (C=O) groups is 1. The lowest BCUT2D eigenvalue weighted by atomic mass is 9.88. The Kier molecular flexibility index (Phi) is 2.91. The predicted molar refractivity (Wildman–Crippen MR) is 62.9 cm³/mol. The molecule has 0 aromatic heterocycles. The fourth-order valence-electron chi connectivity index (χ4n) is 2.28. The van der Waals surface area contributed by atoms with E-state index >= 15 is 0 Å². The third kappa shape index (κ3) is 1.93. The molecule has 1 heterocycles. The summed E-state index contributed by atoms with van der Waals surface area (Å²) in [6, 6.07) is 3.17. The van der Waals surface area contributed by atoms with Gasteiger partial charge in [0.2, 0.25) is 0 Å². The average molecular weight is 240 g/mol. The van der Waals surface area contributed by atoms with Crippen LogP contribution in [0, 0.1) is 6.92 Å². The lowest BCUT2D eigenvalue weighted by molar-refractivity contribution is -0.140. The van der Waals surface area contributed by atoms with Crippen molar-refractivity contribution in [1.82, 2.24) is 5.32 Å². The standard InChI is InChI=1S/C12H14ClNO2/c1-6-3-8(13)5-10-9(6)4-7(2)14-11(10)12(15)16/h3,5,7,11,14H,4H2,1-2H3,(H,15,16). The molecule has 0 bridgehead atoms. The van der Waals surface area contributed by atoms with E-state index in [9.17, 15) is 9.90 Å². The van der Waals surface area contributed by atoms with E-state index in [1.807, 2.05) is 19.9 Å². The van der Waals surface area contributed by atoms with Crippen molar-refractivity contribution in [3.63, 3.8) is 0 Å². The number of fused-ring (bicyclic) bond motifs is 1. The molecule has 0 aliphatic carbocycles. The van der Waals surface area contributed by atoms with E-state index < -0.39 is 12.0 Å². The zero-order valence-corrected chi connectivity index (χ0v) is 10.0. The van der Waals surface area contributed by atoms with Crippen LogP contribution in [-0.2, 0) is 11.2 Å². The van der Waals surface area contributed by atoms with Crippen molar-refractivity contribution < 1.29 is 9.90 Å². The Morgan fingerprint density at radius 2 is 2.25 bits per heavy atom. The molecule has 3 nitrogen and oxygen atoms in total. The van der Waals surface area contributed by atoms with E-state index in [4.69, 9.17) is 11.6 Å². The number of aryl methyl sites for hydroxylation is 1. The van der Waals surface area contributed by atoms with Gasteiger partial charge in [0.1, 0.15) is 6.04 Å². The van der Waals surface area contributed by atoms with Crippen LogP contribution in [-0.4, -0.2) is 17.1 Å². The smallest absolute Gasteiger partial charge is 0.325 e. The minimum Gasteiger partial charge on any atom is -0.480 e. The maximum absolute atomic E-state index is 11.2. The first-order valence-electron chi connectivity index (χ1n) is 5.27. The van der Waals surface area contributed by atoms with Gasteiger partial charge in [-0.1, -0.05) is 11.6 Å². The van der Waals surface area contributed by atoms with Crippen LogP contribution in [0.15, 0.2) is 12.1 Å². The minimum atomic E-state index is -0.852. The van der Waals surface area contributed by atoms with E-state index in [2.05, 4.69) is 5.32 Å². The molecule has 0 saturated carbocycles. The number of nitrogens with one attached hydrogen (secondary N) is 1. The van der Waals surface area contributed by atoms with Crippen molar-refractivity contribution in [2.45, 2.75) is 32.4 Å². The van der Waals surface area contributed by atoms with E-state index in [0.29, 0.717) is 5.02 Å². The summed E-state index contributed by atoms with van der Waals surface area (Å²) in [5, 5.41) is 12.8. The Morgan fingerprint density at radius 3 is 2.88 bits per heavy atom. The number of rotatable bonds is 1. The Morgan fingerprint density at radius 1 is 1.56 bits per heavy atom.